The number of hydrogen-bond acceptors (Lipinski definition) is 7. The lowest BCUT2D eigenvalue weighted by molar-refractivity contribution is -0.385. The van der Waals surface area contributed by atoms with Crippen LogP contribution in [0.15, 0.2) is 46.4 Å². The number of nitrogens with one attached hydrogen (secondary N) is 1. The summed E-state index contributed by atoms with van der Waals surface area (Å²) in [5.74, 6) is 0.211. The predicted molar refractivity (Wildman–Crippen MR) is 100 cm³/mol. The molecule has 0 unspecified atom stereocenters. The first-order valence-electron chi connectivity index (χ1n) is 7.58. The Morgan fingerprint density at radius 2 is 1.96 bits per heavy atom. The average Bonchev–Trinajstić information content (AvgIpc) is 2.62. The van der Waals surface area contributed by atoms with Gasteiger partial charge < -0.3 is 9.47 Å². The first-order valence-corrected chi connectivity index (χ1v) is 9.44. The summed E-state index contributed by atoms with van der Waals surface area (Å²) in [5, 5.41) is 15.0. The number of rotatable bonds is 8. The fraction of sp³-hybridized carbons (Fsp3) is 0.188. The van der Waals surface area contributed by atoms with Crippen molar-refractivity contribution in [3.8, 4) is 11.5 Å². The van der Waals surface area contributed by atoms with Crippen molar-refractivity contribution in [1.82, 2.24) is 4.83 Å². The summed E-state index contributed by atoms with van der Waals surface area (Å²) in [4.78, 5) is 12.3. The molecule has 27 heavy (non-hydrogen) atoms. The third kappa shape index (κ3) is 5.08. The standard InChI is InChI=1S/C16H16ClN3O6S/c1-3-26-14-6-4-11(8-13(14)20(21)22)10-18-19-27(23,24)16-9-12(17)5-7-15(16)25-2/h4-10,19H,3H2,1-2H3/b18-10+. The molecule has 2 rings (SSSR count). The average molecular weight is 414 g/mol. The zero-order valence-corrected chi connectivity index (χ0v) is 16.0. The van der Waals surface area contributed by atoms with Crippen molar-refractivity contribution in [2.24, 2.45) is 5.10 Å². The molecule has 0 heterocycles. The van der Waals surface area contributed by atoms with E-state index in [0.717, 1.165) is 6.21 Å². The number of ether oxygens (including phenoxy) is 2. The zero-order chi connectivity index (χ0) is 20.0. The number of methoxy groups -OCH3 is 1. The number of nitro groups is 1. The molecular weight excluding hydrogens is 398 g/mol. The third-order valence-corrected chi connectivity index (χ3v) is 4.76. The highest BCUT2D eigenvalue weighted by atomic mass is 35.5. The Kier molecular flexibility index (Phi) is 6.59. The minimum atomic E-state index is -4.05. The molecule has 0 aliphatic rings. The third-order valence-electron chi connectivity index (χ3n) is 3.28. The summed E-state index contributed by atoms with van der Waals surface area (Å²) >= 11 is 5.84. The molecule has 9 nitrogen and oxygen atoms in total. The largest absolute Gasteiger partial charge is 0.495 e. The molecule has 2 aromatic rings. The van der Waals surface area contributed by atoms with E-state index in [2.05, 4.69) is 5.10 Å². The molecule has 0 aliphatic heterocycles. The van der Waals surface area contributed by atoms with Crippen molar-refractivity contribution >= 4 is 33.5 Å². The van der Waals surface area contributed by atoms with Gasteiger partial charge in [-0.05, 0) is 37.3 Å². The van der Waals surface area contributed by atoms with E-state index in [1.165, 1.54) is 43.5 Å². The van der Waals surface area contributed by atoms with Crippen molar-refractivity contribution in [1.29, 1.82) is 0 Å². The summed E-state index contributed by atoms with van der Waals surface area (Å²) in [7, 11) is -2.73. The van der Waals surface area contributed by atoms with Crippen LogP contribution in [-0.2, 0) is 10.0 Å². The van der Waals surface area contributed by atoms with Gasteiger partial charge in [-0.1, -0.05) is 11.6 Å². The second kappa shape index (κ2) is 8.69. The quantitative estimate of drug-likeness (QED) is 0.403. The first kappa shape index (κ1) is 20.5. The maximum atomic E-state index is 12.4. The van der Waals surface area contributed by atoms with Crippen molar-refractivity contribution in [3.05, 3.63) is 57.1 Å². The van der Waals surface area contributed by atoms with Crippen molar-refractivity contribution in [2.45, 2.75) is 11.8 Å². The number of hydrazone groups is 1. The zero-order valence-electron chi connectivity index (χ0n) is 14.4. The molecule has 0 radical (unpaired) electrons. The van der Waals surface area contributed by atoms with Gasteiger partial charge in [0.05, 0.1) is 24.9 Å². The van der Waals surface area contributed by atoms with Crippen LogP contribution in [0.2, 0.25) is 5.02 Å². The second-order valence-electron chi connectivity index (χ2n) is 5.07. The summed E-state index contributed by atoms with van der Waals surface area (Å²) < 4.78 is 34.9. The SMILES string of the molecule is CCOc1ccc(/C=N/NS(=O)(=O)c2cc(Cl)ccc2OC)cc1[N+](=O)[O-]. The molecule has 0 amide bonds. The van der Waals surface area contributed by atoms with Gasteiger partial charge >= 0.3 is 5.69 Å². The fourth-order valence-corrected chi connectivity index (χ4v) is 3.34. The molecule has 11 heteroatoms. The highest BCUT2D eigenvalue weighted by molar-refractivity contribution is 7.89. The van der Waals surface area contributed by atoms with Gasteiger partial charge in [0.1, 0.15) is 10.6 Å². The van der Waals surface area contributed by atoms with Crippen LogP contribution in [0.3, 0.4) is 0 Å². The van der Waals surface area contributed by atoms with Crippen LogP contribution in [0.25, 0.3) is 0 Å². The molecule has 0 saturated carbocycles. The second-order valence-corrected chi connectivity index (χ2v) is 7.13. The van der Waals surface area contributed by atoms with E-state index >= 15 is 0 Å². The number of hydrogen-bond donors (Lipinski definition) is 1. The lowest BCUT2D eigenvalue weighted by atomic mass is 10.2. The smallest absolute Gasteiger partial charge is 0.311 e. The van der Waals surface area contributed by atoms with Crippen molar-refractivity contribution in [3.63, 3.8) is 0 Å². The Balaban J connectivity index is 2.25. The van der Waals surface area contributed by atoms with Gasteiger partial charge in [-0.2, -0.15) is 18.4 Å². The van der Waals surface area contributed by atoms with E-state index in [1.807, 2.05) is 4.83 Å². The molecule has 2 aromatic carbocycles. The number of halogens is 1. The summed E-state index contributed by atoms with van der Waals surface area (Å²) in [6, 6.07) is 8.27. The van der Waals surface area contributed by atoms with Crippen molar-refractivity contribution < 1.29 is 22.8 Å². The number of sulfonamides is 1. The Labute approximate surface area is 160 Å². The van der Waals surface area contributed by atoms with E-state index in [0.29, 0.717) is 5.56 Å². The lowest BCUT2D eigenvalue weighted by Gasteiger charge is -2.09. The van der Waals surface area contributed by atoms with Crippen LogP contribution in [0.5, 0.6) is 11.5 Å². The number of nitro benzene ring substituents is 1. The Hall–Kier alpha value is -2.85. The van der Waals surface area contributed by atoms with E-state index in [9.17, 15) is 18.5 Å². The van der Waals surface area contributed by atoms with E-state index in [-0.39, 0.29) is 33.7 Å². The number of benzene rings is 2. The Bertz CT molecular complexity index is 978. The maximum absolute atomic E-state index is 12.4. The molecular formula is C16H16ClN3O6S. The normalized spacial score (nSPS) is 11.4. The predicted octanol–water partition coefficient (Wildman–Crippen LogP) is 2.97. The minimum absolute atomic E-state index is 0.0961. The molecule has 0 aromatic heterocycles. The van der Waals surface area contributed by atoms with E-state index in [4.69, 9.17) is 21.1 Å². The van der Waals surface area contributed by atoms with Crippen LogP contribution in [-0.4, -0.2) is 33.3 Å². The van der Waals surface area contributed by atoms with Gasteiger partial charge in [0.2, 0.25) is 0 Å². The molecule has 0 saturated heterocycles. The van der Waals surface area contributed by atoms with Gasteiger partial charge in [-0.25, -0.2) is 0 Å². The van der Waals surface area contributed by atoms with Crippen molar-refractivity contribution in [2.75, 3.05) is 13.7 Å². The Morgan fingerprint density at radius 3 is 2.59 bits per heavy atom. The summed E-state index contributed by atoms with van der Waals surface area (Å²) in [6.45, 7) is 1.98. The maximum Gasteiger partial charge on any atom is 0.311 e. The van der Waals surface area contributed by atoms with Crippen LogP contribution in [0.4, 0.5) is 5.69 Å². The van der Waals surface area contributed by atoms with Gasteiger partial charge in [-0.3, -0.25) is 10.1 Å². The fourth-order valence-electron chi connectivity index (χ4n) is 2.11. The minimum Gasteiger partial charge on any atom is -0.495 e. The van der Waals surface area contributed by atoms with Gasteiger partial charge in [0.15, 0.2) is 5.75 Å². The van der Waals surface area contributed by atoms with E-state index < -0.39 is 14.9 Å². The molecule has 0 fully saturated rings. The molecule has 0 atom stereocenters. The Morgan fingerprint density at radius 1 is 1.26 bits per heavy atom. The van der Waals surface area contributed by atoms with Gasteiger partial charge in [0, 0.05) is 16.7 Å². The summed E-state index contributed by atoms with van der Waals surface area (Å²) in [6.07, 6.45) is 1.14. The molecule has 0 spiro atoms. The van der Waals surface area contributed by atoms with Crippen LogP contribution in [0, 0.1) is 10.1 Å². The highest BCUT2D eigenvalue weighted by Crippen LogP contribution is 2.28. The van der Waals surface area contributed by atoms with Gasteiger partial charge in [-0.15, -0.1) is 0 Å². The van der Waals surface area contributed by atoms with Crippen LogP contribution >= 0.6 is 11.6 Å². The molecule has 0 bridgehead atoms. The molecule has 144 valence electrons. The lowest BCUT2D eigenvalue weighted by Crippen LogP contribution is -2.19. The molecule has 0 aliphatic carbocycles. The van der Waals surface area contributed by atoms with Crippen LogP contribution < -0.4 is 14.3 Å². The highest BCUT2D eigenvalue weighted by Gasteiger charge is 2.19. The van der Waals surface area contributed by atoms with Gasteiger partial charge in [0.25, 0.3) is 10.0 Å². The summed E-state index contributed by atoms with van der Waals surface area (Å²) in [5.41, 5.74) is 0.0612. The van der Waals surface area contributed by atoms with E-state index in [1.54, 1.807) is 6.92 Å². The van der Waals surface area contributed by atoms with Crippen LogP contribution in [0.1, 0.15) is 12.5 Å². The molecule has 1 N–H and O–H groups in total. The monoisotopic (exact) mass is 413 g/mol. The number of nitrogens with zero attached hydrogens (tertiary/aromatic N) is 2. The topological polar surface area (TPSA) is 120 Å². The first-order chi connectivity index (χ1) is 12.8.